The summed E-state index contributed by atoms with van der Waals surface area (Å²) in [6.07, 6.45) is 5.72. The summed E-state index contributed by atoms with van der Waals surface area (Å²) in [5.74, 6) is 0. The molecule has 1 atom stereocenters. The molecular weight excluding hydrogens is 320 g/mol. The van der Waals surface area contributed by atoms with E-state index in [9.17, 15) is 0 Å². The van der Waals surface area contributed by atoms with Crippen LogP contribution < -0.4 is 10.5 Å². The second-order valence-corrected chi connectivity index (χ2v) is 6.11. The minimum Gasteiger partial charge on any atom is -0.760 e. The van der Waals surface area contributed by atoms with E-state index in [1.165, 1.54) is 27.8 Å². The summed E-state index contributed by atoms with van der Waals surface area (Å²) in [5, 5.41) is 7.25. The smallest absolute Gasteiger partial charge is 0.0152 e. The van der Waals surface area contributed by atoms with Gasteiger partial charge in [-0.1, -0.05) is 54.6 Å². The molecule has 1 unspecified atom stereocenters. The van der Waals surface area contributed by atoms with Crippen LogP contribution in [0.25, 0.3) is 5.57 Å². The number of aryl methyl sites for hydroxylation is 2. The molecule has 0 aromatic heterocycles. The molecule has 1 aliphatic carbocycles. The summed E-state index contributed by atoms with van der Waals surface area (Å²) in [4.78, 5) is 0. The number of rotatable bonds is 3. The number of nitrogens with one attached hydrogen (secondary N) is 1. The van der Waals surface area contributed by atoms with Gasteiger partial charge < -0.3 is 9.87 Å². The molecule has 1 aliphatic rings. The van der Waals surface area contributed by atoms with Crippen molar-refractivity contribution in [1.82, 2.24) is 5.32 Å². The van der Waals surface area contributed by atoms with Crippen molar-refractivity contribution in [3.63, 3.8) is 0 Å². The Morgan fingerprint density at radius 1 is 1.08 bits per heavy atom. The second-order valence-electron chi connectivity index (χ2n) is 5.58. The predicted octanol–water partition coefficient (Wildman–Crippen LogP) is 2.57. The molecule has 0 radical (unpaired) electrons. The molecule has 2 aromatic carbocycles. The highest BCUT2D eigenvalue weighted by molar-refractivity contribution is 7.76. The lowest BCUT2D eigenvalue weighted by atomic mass is 9.93. The van der Waals surface area contributed by atoms with Crippen molar-refractivity contribution in [1.29, 1.82) is 0 Å². The lowest BCUT2D eigenvalue weighted by molar-refractivity contribution is 0.539. The van der Waals surface area contributed by atoms with Crippen molar-refractivity contribution >= 4 is 16.8 Å². The highest BCUT2D eigenvalue weighted by atomic mass is 32.2. The van der Waals surface area contributed by atoms with Gasteiger partial charge in [0.1, 0.15) is 0 Å². The van der Waals surface area contributed by atoms with Gasteiger partial charge in [0.05, 0.1) is 0 Å². The van der Waals surface area contributed by atoms with E-state index in [-0.39, 0.29) is 0 Å². The Balaban J connectivity index is 0.000000471. The Bertz CT molecular complexity index is 675. The molecule has 24 heavy (non-hydrogen) atoms. The summed E-state index contributed by atoms with van der Waals surface area (Å²) in [6.45, 7) is 1.02. The topological polar surface area (TPSA) is 78.2 Å². The first-order valence-electron chi connectivity index (χ1n) is 7.98. The van der Waals surface area contributed by atoms with Crippen LogP contribution in [0, 0.1) is 0 Å². The lowest BCUT2D eigenvalue weighted by Crippen LogP contribution is -2.06. The molecule has 3 rings (SSSR count). The Kier molecular flexibility index (Phi) is 7.34. The van der Waals surface area contributed by atoms with Crippen LogP contribution >= 0.6 is 0 Å². The maximum absolute atomic E-state index is 8.78. The molecule has 2 aromatic rings. The molecule has 5 heteroatoms. The van der Waals surface area contributed by atoms with Crippen LogP contribution in [0.5, 0.6) is 0 Å². The Morgan fingerprint density at radius 2 is 1.54 bits per heavy atom. The molecule has 0 spiro atoms. The zero-order chi connectivity index (χ0) is 17.4. The minimum atomic E-state index is -2.36. The average molecular weight is 343 g/mol. The molecule has 0 amide bonds. The van der Waals surface area contributed by atoms with Crippen molar-refractivity contribution in [2.24, 2.45) is 5.14 Å². The second kappa shape index (κ2) is 9.49. The van der Waals surface area contributed by atoms with E-state index in [1.54, 1.807) is 0 Å². The van der Waals surface area contributed by atoms with Crippen LogP contribution in [0.15, 0.2) is 54.6 Å². The molecule has 0 bridgehead atoms. The predicted molar refractivity (Wildman–Crippen MR) is 99.0 cm³/mol. The third kappa shape index (κ3) is 5.11. The molecule has 4 nitrogen and oxygen atoms in total. The fourth-order valence-electron chi connectivity index (χ4n) is 3.00. The van der Waals surface area contributed by atoms with Gasteiger partial charge in [-0.15, -0.1) is 0 Å². The van der Waals surface area contributed by atoms with Crippen molar-refractivity contribution in [3.8, 4) is 0 Å². The maximum Gasteiger partial charge on any atom is 0.0152 e. The van der Waals surface area contributed by atoms with Crippen LogP contribution in [0.3, 0.4) is 0 Å². The Hall–Kier alpha value is -1.79. The van der Waals surface area contributed by atoms with E-state index in [0.717, 1.165) is 25.8 Å². The Labute approximate surface area is 146 Å². The fraction of sp³-hybridized carbons (Fsp3) is 0.263. The quantitative estimate of drug-likeness (QED) is 0.664. The van der Waals surface area contributed by atoms with Gasteiger partial charge in [0.2, 0.25) is 0 Å². The van der Waals surface area contributed by atoms with Gasteiger partial charge in [-0.05, 0) is 60.7 Å². The molecule has 0 saturated heterocycles. The molecule has 0 aliphatic heterocycles. The van der Waals surface area contributed by atoms with Gasteiger partial charge in [-0.2, -0.15) is 0 Å². The van der Waals surface area contributed by atoms with Crippen LogP contribution in [-0.4, -0.2) is 22.4 Å². The van der Waals surface area contributed by atoms with E-state index < -0.39 is 11.3 Å². The molecule has 0 heterocycles. The SMILES string of the molecule is CNCCC=C1c2ccccc2CCc2ccccc21.NS(=O)[O-]. The van der Waals surface area contributed by atoms with E-state index in [0.29, 0.717) is 0 Å². The highest BCUT2D eigenvalue weighted by Gasteiger charge is 2.16. The van der Waals surface area contributed by atoms with Crippen LogP contribution in [0.2, 0.25) is 0 Å². The molecule has 0 saturated carbocycles. The number of fused-ring (bicyclic) bond motifs is 2. The van der Waals surface area contributed by atoms with Crippen LogP contribution in [-0.2, 0) is 24.1 Å². The largest absolute Gasteiger partial charge is 0.760 e. The van der Waals surface area contributed by atoms with Gasteiger partial charge >= 0.3 is 0 Å². The third-order valence-electron chi connectivity index (χ3n) is 4.02. The van der Waals surface area contributed by atoms with E-state index in [4.69, 9.17) is 8.76 Å². The fourth-order valence-corrected chi connectivity index (χ4v) is 3.00. The summed E-state index contributed by atoms with van der Waals surface area (Å²) >= 11 is -2.36. The minimum absolute atomic E-state index is 1.02. The normalized spacial score (nSPS) is 13.7. The zero-order valence-corrected chi connectivity index (χ0v) is 14.6. The summed E-state index contributed by atoms with van der Waals surface area (Å²) in [6, 6.07) is 17.7. The van der Waals surface area contributed by atoms with Crippen molar-refractivity contribution in [2.45, 2.75) is 19.3 Å². The van der Waals surface area contributed by atoms with Gasteiger partial charge in [0.15, 0.2) is 0 Å². The maximum atomic E-state index is 8.78. The summed E-state index contributed by atoms with van der Waals surface area (Å²) < 4.78 is 17.6. The van der Waals surface area contributed by atoms with Gasteiger partial charge in [0, 0.05) is 11.3 Å². The van der Waals surface area contributed by atoms with E-state index >= 15 is 0 Å². The summed E-state index contributed by atoms with van der Waals surface area (Å²) in [5.41, 5.74) is 7.17. The number of nitrogens with two attached hydrogens (primary N) is 1. The third-order valence-corrected chi connectivity index (χ3v) is 4.02. The first kappa shape index (κ1) is 18.5. The number of hydrogen-bond donors (Lipinski definition) is 2. The standard InChI is InChI=1S/C19H21N.H3NO2S/c1-20-14-6-11-19-17-9-4-2-7-15(17)12-13-16-8-3-5-10-18(16)19;1-4(2)3/h2-5,7-11,20H,6,12-14H2,1H3;1H2,(H,2,3)/p-1. The van der Waals surface area contributed by atoms with Crippen LogP contribution in [0.4, 0.5) is 0 Å². The van der Waals surface area contributed by atoms with Gasteiger partial charge in [-0.3, -0.25) is 9.35 Å². The molecule has 128 valence electrons. The monoisotopic (exact) mass is 343 g/mol. The van der Waals surface area contributed by atoms with Gasteiger partial charge in [0.25, 0.3) is 0 Å². The first-order valence-corrected chi connectivity index (χ1v) is 9.12. The Morgan fingerprint density at radius 3 is 2.00 bits per heavy atom. The highest BCUT2D eigenvalue weighted by Crippen LogP contribution is 2.33. The van der Waals surface area contributed by atoms with E-state index in [2.05, 4.69) is 65.1 Å². The summed E-state index contributed by atoms with van der Waals surface area (Å²) in [7, 11) is 2.01. The van der Waals surface area contributed by atoms with Crippen molar-refractivity contribution < 1.29 is 8.76 Å². The van der Waals surface area contributed by atoms with E-state index in [1.807, 2.05) is 7.05 Å². The lowest BCUT2D eigenvalue weighted by Gasteiger charge is -2.12. The van der Waals surface area contributed by atoms with Gasteiger partial charge in [-0.25, -0.2) is 0 Å². The van der Waals surface area contributed by atoms with Crippen molar-refractivity contribution in [3.05, 3.63) is 76.9 Å². The number of hydrogen-bond acceptors (Lipinski definition) is 3. The molecular formula is C19H23N2O2S-. The van der Waals surface area contributed by atoms with Crippen molar-refractivity contribution in [2.75, 3.05) is 13.6 Å². The average Bonchev–Trinajstić information content (AvgIpc) is 2.72. The molecule has 3 N–H and O–H groups in total. The zero-order valence-electron chi connectivity index (χ0n) is 13.8. The number of benzene rings is 2. The molecule has 0 fully saturated rings. The first-order chi connectivity index (χ1) is 11.6. The van der Waals surface area contributed by atoms with Crippen LogP contribution in [0.1, 0.15) is 28.7 Å².